The molecule has 0 radical (unpaired) electrons. The number of benzene rings is 1. The molecule has 3 rings (SSSR count). The molecule has 0 bridgehead atoms. The fourth-order valence-electron chi connectivity index (χ4n) is 1.78. The third-order valence-corrected chi connectivity index (χ3v) is 3.28. The van der Waals surface area contributed by atoms with E-state index in [1.54, 1.807) is 12.1 Å². The van der Waals surface area contributed by atoms with Gasteiger partial charge in [-0.25, -0.2) is 4.57 Å². The van der Waals surface area contributed by atoms with Crippen molar-refractivity contribution >= 4 is 21.8 Å². The molecule has 0 amide bonds. The van der Waals surface area contributed by atoms with Gasteiger partial charge in [0.25, 0.3) is 11.5 Å². The van der Waals surface area contributed by atoms with E-state index in [0.29, 0.717) is 5.75 Å². The minimum absolute atomic E-state index is 0.00639. The van der Waals surface area contributed by atoms with Crippen LogP contribution >= 0.6 is 15.9 Å². The molecule has 2 heterocycles. The van der Waals surface area contributed by atoms with Crippen molar-refractivity contribution in [1.29, 1.82) is 0 Å². The molecule has 7 heteroatoms. The van der Waals surface area contributed by atoms with Gasteiger partial charge in [0.2, 0.25) is 6.10 Å². The summed E-state index contributed by atoms with van der Waals surface area (Å²) >= 11 is 3.32. The highest BCUT2D eigenvalue weighted by molar-refractivity contribution is 9.10. The van der Waals surface area contributed by atoms with Crippen molar-refractivity contribution in [1.82, 2.24) is 9.55 Å². The molecule has 0 fully saturated rings. The maximum Gasteiger partial charge on any atom is 0.307 e. The fraction of sp³-hybridized carbons (Fsp3) is 0.154. The van der Waals surface area contributed by atoms with E-state index in [2.05, 4.69) is 20.9 Å². The number of carbonyl (C=O) groups is 1. The smallest absolute Gasteiger partial charge is 0.307 e. The molecular weight excluding hydrogens is 328 g/mol. The summed E-state index contributed by atoms with van der Waals surface area (Å²) in [6.07, 6.45) is 0.556. The Kier molecular flexibility index (Phi) is 3.27. The first kappa shape index (κ1) is 12.9. The molecule has 102 valence electrons. The summed E-state index contributed by atoms with van der Waals surface area (Å²) in [5.41, 5.74) is -0.446. The molecule has 6 nitrogen and oxygen atoms in total. The Morgan fingerprint density at radius 2 is 2.00 bits per heavy atom. The Morgan fingerprint density at radius 1 is 1.25 bits per heavy atom. The SMILES string of the molecule is O=C1C(COc2ccc(Br)cc2)Oc2nc(=O)ccn21. The van der Waals surface area contributed by atoms with Gasteiger partial charge in [-0.1, -0.05) is 15.9 Å². The Balaban J connectivity index is 1.70. The molecule has 1 aromatic carbocycles. The Morgan fingerprint density at radius 3 is 2.75 bits per heavy atom. The van der Waals surface area contributed by atoms with Crippen LogP contribution in [-0.2, 0) is 0 Å². The van der Waals surface area contributed by atoms with Crippen molar-refractivity contribution in [2.75, 3.05) is 6.61 Å². The number of rotatable bonds is 3. The maximum atomic E-state index is 12.0. The lowest BCUT2D eigenvalue weighted by molar-refractivity contribution is 0.0726. The van der Waals surface area contributed by atoms with Crippen LogP contribution in [0.25, 0.3) is 0 Å². The van der Waals surface area contributed by atoms with Gasteiger partial charge in [-0.2, -0.15) is 4.98 Å². The predicted molar refractivity (Wildman–Crippen MR) is 73.2 cm³/mol. The summed E-state index contributed by atoms with van der Waals surface area (Å²) in [7, 11) is 0. The molecule has 0 aliphatic carbocycles. The molecule has 0 saturated carbocycles. The number of hydrogen-bond donors (Lipinski definition) is 0. The fourth-order valence-corrected chi connectivity index (χ4v) is 2.04. The summed E-state index contributed by atoms with van der Waals surface area (Å²) in [5.74, 6) is 0.327. The van der Waals surface area contributed by atoms with Crippen LogP contribution < -0.4 is 15.0 Å². The lowest BCUT2D eigenvalue weighted by Crippen LogP contribution is -2.29. The van der Waals surface area contributed by atoms with Crippen molar-refractivity contribution in [3.63, 3.8) is 0 Å². The summed E-state index contributed by atoms with van der Waals surface area (Å²) in [4.78, 5) is 26.7. The van der Waals surface area contributed by atoms with Crippen LogP contribution in [0.1, 0.15) is 4.79 Å². The molecule has 0 spiro atoms. The van der Waals surface area contributed by atoms with E-state index >= 15 is 0 Å². The minimum atomic E-state index is -0.798. The van der Waals surface area contributed by atoms with E-state index in [1.165, 1.54) is 16.8 Å². The van der Waals surface area contributed by atoms with Crippen LogP contribution in [-0.4, -0.2) is 28.2 Å². The first-order valence-electron chi connectivity index (χ1n) is 5.82. The number of fused-ring (bicyclic) bond motifs is 1. The van der Waals surface area contributed by atoms with Crippen molar-refractivity contribution in [2.24, 2.45) is 0 Å². The van der Waals surface area contributed by atoms with E-state index in [1.807, 2.05) is 12.1 Å². The van der Waals surface area contributed by atoms with Crippen LogP contribution in [0.5, 0.6) is 11.8 Å². The second-order valence-electron chi connectivity index (χ2n) is 4.13. The van der Waals surface area contributed by atoms with Gasteiger partial charge in [-0.05, 0) is 24.3 Å². The summed E-state index contributed by atoms with van der Waals surface area (Å²) in [6.45, 7) is 0.0536. The highest BCUT2D eigenvalue weighted by Gasteiger charge is 2.33. The average molecular weight is 337 g/mol. The van der Waals surface area contributed by atoms with Gasteiger partial charge in [0.1, 0.15) is 12.4 Å². The largest absolute Gasteiger partial charge is 0.489 e. The molecule has 0 N–H and O–H groups in total. The topological polar surface area (TPSA) is 70.4 Å². The molecule has 1 unspecified atom stereocenters. The molecule has 20 heavy (non-hydrogen) atoms. The van der Waals surface area contributed by atoms with Crippen LogP contribution in [0.3, 0.4) is 0 Å². The van der Waals surface area contributed by atoms with Crippen molar-refractivity contribution in [3.05, 3.63) is 51.4 Å². The van der Waals surface area contributed by atoms with Crippen LogP contribution in [0, 0.1) is 0 Å². The third-order valence-electron chi connectivity index (χ3n) is 2.75. The second-order valence-corrected chi connectivity index (χ2v) is 5.04. The Bertz CT molecular complexity index is 711. The van der Waals surface area contributed by atoms with Gasteiger partial charge in [0.05, 0.1) is 0 Å². The minimum Gasteiger partial charge on any atom is -0.489 e. The average Bonchev–Trinajstić information content (AvgIpc) is 2.74. The van der Waals surface area contributed by atoms with E-state index in [4.69, 9.17) is 9.47 Å². The van der Waals surface area contributed by atoms with Gasteiger partial charge < -0.3 is 9.47 Å². The van der Waals surface area contributed by atoms with Gasteiger partial charge in [0.15, 0.2) is 0 Å². The standard InChI is InChI=1S/C13H9BrN2O4/c14-8-1-3-9(4-2-8)19-7-10-12(18)16-6-5-11(17)15-13(16)20-10/h1-6,10H,7H2. The zero-order valence-electron chi connectivity index (χ0n) is 10.2. The first-order chi connectivity index (χ1) is 9.63. The Labute approximate surface area is 122 Å². The first-order valence-corrected chi connectivity index (χ1v) is 6.62. The zero-order valence-corrected chi connectivity index (χ0v) is 11.7. The molecular formula is C13H9BrN2O4. The van der Waals surface area contributed by atoms with E-state index in [9.17, 15) is 9.59 Å². The number of aromatic nitrogens is 2. The van der Waals surface area contributed by atoms with Gasteiger partial charge >= 0.3 is 6.01 Å². The zero-order chi connectivity index (χ0) is 14.1. The molecule has 0 saturated heterocycles. The van der Waals surface area contributed by atoms with Crippen molar-refractivity contribution < 1.29 is 14.3 Å². The normalized spacial score (nSPS) is 16.6. The Hall–Kier alpha value is -2.15. The third kappa shape index (κ3) is 2.44. The lowest BCUT2D eigenvalue weighted by Gasteiger charge is -2.09. The van der Waals surface area contributed by atoms with E-state index < -0.39 is 11.7 Å². The number of hydrogen-bond acceptors (Lipinski definition) is 5. The molecule has 1 aliphatic heterocycles. The summed E-state index contributed by atoms with van der Waals surface area (Å²) in [6, 6.07) is 8.44. The summed E-state index contributed by atoms with van der Waals surface area (Å²) in [5, 5.41) is 0. The molecule has 1 atom stereocenters. The molecule has 2 aromatic rings. The van der Waals surface area contributed by atoms with Crippen molar-refractivity contribution in [3.8, 4) is 11.8 Å². The monoisotopic (exact) mass is 336 g/mol. The molecule has 1 aliphatic rings. The number of carbonyl (C=O) groups excluding carboxylic acids is 1. The van der Waals surface area contributed by atoms with Crippen molar-refractivity contribution in [2.45, 2.75) is 6.10 Å². The highest BCUT2D eigenvalue weighted by Crippen LogP contribution is 2.20. The van der Waals surface area contributed by atoms with Crippen LogP contribution in [0.15, 0.2) is 45.8 Å². The van der Waals surface area contributed by atoms with Crippen LogP contribution in [0.2, 0.25) is 0 Å². The predicted octanol–water partition coefficient (Wildman–Crippen LogP) is 1.49. The molecule has 1 aromatic heterocycles. The quantitative estimate of drug-likeness (QED) is 0.849. The van der Waals surface area contributed by atoms with E-state index in [-0.39, 0.29) is 18.5 Å². The van der Waals surface area contributed by atoms with Gasteiger partial charge in [-0.15, -0.1) is 0 Å². The summed E-state index contributed by atoms with van der Waals surface area (Å²) < 4.78 is 12.9. The van der Waals surface area contributed by atoms with E-state index in [0.717, 1.165) is 4.47 Å². The second kappa shape index (κ2) is 5.09. The highest BCUT2D eigenvalue weighted by atomic mass is 79.9. The van der Waals surface area contributed by atoms with Crippen LogP contribution in [0.4, 0.5) is 0 Å². The van der Waals surface area contributed by atoms with Gasteiger partial charge in [0, 0.05) is 16.7 Å². The number of ether oxygens (including phenoxy) is 2. The lowest BCUT2D eigenvalue weighted by atomic mass is 10.3. The maximum absolute atomic E-state index is 12.0. The number of halogens is 1. The van der Waals surface area contributed by atoms with Gasteiger partial charge in [-0.3, -0.25) is 9.59 Å². The number of nitrogens with zero attached hydrogens (tertiary/aromatic N) is 2.